The minimum atomic E-state index is -4.20. The summed E-state index contributed by atoms with van der Waals surface area (Å²) in [6.07, 6.45) is -2.26. The van der Waals surface area contributed by atoms with Crippen LogP contribution in [0.1, 0.15) is 20.8 Å². The minimum Gasteiger partial charge on any atom is -0.464 e. The molecule has 0 saturated carbocycles. The number of carbonyl (C=O) groups is 3. The van der Waals surface area contributed by atoms with Crippen LogP contribution in [-0.2, 0) is 61.9 Å². The van der Waals surface area contributed by atoms with Crippen molar-refractivity contribution in [2.75, 3.05) is 39.4 Å². The average molecular weight is 532 g/mol. The highest BCUT2D eigenvalue weighted by Gasteiger charge is 2.54. The van der Waals surface area contributed by atoms with Gasteiger partial charge in [0.1, 0.15) is 12.7 Å². The van der Waals surface area contributed by atoms with Gasteiger partial charge in [-0.3, -0.25) is 13.2 Å². The fourth-order valence-electron chi connectivity index (χ4n) is 3.10. The third-order valence-corrected chi connectivity index (χ3v) is 5.34. The summed E-state index contributed by atoms with van der Waals surface area (Å²) < 4.78 is 77.9. The smallest absolute Gasteiger partial charge is 0.347 e. The van der Waals surface area contributed by atoms with Crippen LogP contribution in [0, 0.1) is 0 Å². The molecule has 0 bridgehead atoms. The number of esters is 3. The van der Waals surface area contributed by atoms with E-state index >= 15 is 0 Å². The molecule has 0 aromatic heterocycles. The van der Waals surface area contributed by atoms with Gasteiger partial charge in [0.25, 0.3) is 20.2 Å². The molecule has 1 rings (SSSR count). The van der Waals surface area contributed by atoms with Crippen LogP contribution >= 0.6 is 0 Å². The van der Waals surface area contributed by atoms with Gasteiger partial charge >= 0.3 is 17.9 Å². The fourth-order valence-corrected chi connectivity index (χ4v) is 4.35. The molecular formula is C18H29NO13S2. The molecule has 196 valence electrons. The van der Waals surface area contributed by atoms with Crippen molar-refractivity contribution >= 4 is 38.1 Å². The summed E-state index contributed by atoms with van der Waals surface area (Å²) in [5.41, 5.74) is -0.614. The van der Waals surface area contributed by atoms with Crippen molar-refractivity contribution in [3.8, 4) is 0 Å². The quantitative estimate of drug-likeness (QED) is 0.0740. The normalized spacial score (nSPS) is 22.7. The molecule has 34 heavy (non-hydrogen) atoms. The maximum absolute atomic E-state index is 12.4. The highest BCUT2D eigenvalue weighted by molar-refractivity contribution is 7.86. The van der Waals surface area contributed by atoms with E-state index in [2.05, 4.69) is 0 Å². The molecule has 0 N–H and O–H groups in total. The van der Waals surface area contributed by atoms with E-state index in [-0.39, 0.29) is 13.2 Å². The Balaban J connectivity index is 3.72. The highest BCUT2D eigenvalue weighted by atomic mass is 32.2. The van der Waals surface area contributed by atoms with Crippen molar-refractivity contribution in [3.63, 3.8) is 0 Å². The summed E-state index contributed by atoms with van der Waals surface area (Å²) in [7, 11) is -7.25. The van der Waals surface area contributed by atoms with Crippen molar-refractivity contribution in [2.45, 2.75) is 45.2 Å². The molecule has 1 heterocycles. The van der Waals surface area contributed by atoms with Crippen molar-refractivity contribution in [1.29, 1.82) is 0 Å². The standard InChI is InChI=1S/C18H29NO13S2/c1-7-28-17(21)12(18(22)29-8-2)9-19-13(10-30-11(3)20)14(31-33(5,23)24)15(16(19)27-4)32-34(6,25)26/h9,13-16H,7-8,10H2,1-6H3/t13-,14-,15+,16-/m0/s1. The Hall–Kier alpha value is -2.27. The van der Waals surface area contributed by atoms with E-state index in [0.717, 1.165) is 37.6 Å². The number of hydrogen-bond donors (Lipinski definition) is 0. The van der Waals surface area contributed by atoms with E-state index in [1.54, 1.807) is 0 Å². The van der Waals surface area contributed by atoms with Crippen molar-refractivity contribution in [2.24, 2.45) is 0 Å². The molecule has 1 aliphatic heterocycles. The second-order valence-electron chi connectivity index (χ2n) is 6.96. The van der Waals surface area contributed by atoms with Crippen LogP contribution in [0.15, 0.2) is 11.8 Å². The molecule has 1 fully saturated rings. The lowest BCUT2D eigenvalue weighted by Gasteiger charge is -2.29. The number of ether oxygens (including phenoxy) is 4. The molecule has 0 amide bonds. The SMILES string of the molecule is CCOC(=O)C(=CN1[C@@H](COC(C)=O)[C@H](OS(C)(=O)=O)[C@@H](OS(C)(=O)=O)[C@@H]1OC)C(=O)OCC. The third kappa shape index (κ3) is 8.83. The van der Waals surface area contributed by atoms with E-state index in [4.69, 9.17) is 27.3 Å². The first kappa shape index (κ1) is 29.8. The molecule has 0 aromatic rings. The molecule has 4 atom stereocenters. The Kier molecular flexibility index (Phi) is 10.9. The highest BCUT2D eigenvalue weighted by Crippen LogP contribution is 2.33. The molecule has 0 radical (unpaired) electrons. The predicted molar refractivity (Wildman–Crippen MR) is 114 cm³/mol. The van der Waals surface area contributed by atoms with Crippen molar-refractivity contribution in [3.05, 3.63) is 11.8 Å². The van der Waals surface area contributed by atoms with Crippen LogP contribution in [0.25, 0.3) is 0 Å². The van der Waals surface area contributed by atoms with Crippen molar-refractivity contribution in [1.82, 2.24) is 4.90 Å². The first-order valence-corrected chi connectivity index (χ1v) is 13.5. The van der Waals surface area contributed by atoms with Crippen LogP contribution in [0.3, 0.4) is 0 Å². The first-order valence-electron chi connectivity index (χ1n) is 9.91. The summed E-state index contributed by atoms with van der Waals surface area (Å²) in [5, 5.41) is 0. The molecule has 1 saturated heterocycles. The van der Waals surface area contributed by atoms with Gasteiger partial charge in [0.2, 0.25) is 0 Å². The summed E-state index contributed by atoms with van der Waals surface area (Å²) in [4.78, 5) is 37.4. The summed E-state index contributed by atoms with van der Waals surface area (Å²) in [6.45, 7) is 3.38. The molecule has 0 spiro atoms. The molecule has 0 aromatic carbocycles. The van der Waals surface area contributed by atoms with Crippen LogP contribution in [0.5, 0.6) is 0 Å². The molecular weight excluding hydrogens is 502 g/mol. The molecule has 0 unspecified atom stereocenters. The monoisotopic (exact) mass is 531 g/mol. The lowest BCUT2D eigenvalue weighted by atomic mass is 10.1. The number of rotatable bonds is 12. The molecule has 0 aliphatic carbocycles. The molecule has 16 heteroatoms. The van der Waals surface area contributed by atoms with E-state index < -0.39 is 74.8 Å². The van der Waals surface area contributed by atoms with Gasteiger partial charge in [-0.2, -0.15) is 16.8 Å². The van der Waals surface area contributed by atoms with Gasteiger partial charge in [-0.15, -0.1) is 0 Å². The minimum absolute atomic E-state index is 0.0835. The zero-order valence-corrected chi connectivity index (χ0v) is 21.2. The van der Waals surface area contributed by atoms with Gasteiger partial charge in [-0.25, -0.2) is 9.59 Å². The van der Waals surface area contributed by atoms with Crippen LogP contribution in [0.4, 0.5) is 0 Å². The van der Waals surface area contributed by atoms with E-state index in [1.165, 1.54) is 13.8 Å². The zero-order chi connectivity index (χ0) is 26.3. The maximum Gasteiger partial charge on any atom is 0.347 e. The van der Waals surface area contributed by atoms with Crippen LogP contribution in [0.2, 0.25) is 0 Å². The Morgan fingerprint density at radius 3 is 1.71 bits per heavy atom. The van der Waals surface area contributed by atoms with Gasteiger partial charge < -0.3 is 23.8 Å². The maximum atomic E-state index is 12.4. The summed E-state index contributed by atoms with van der Waals surface area (Å²) in [5.74, 6) is -2.90. The fraction of sp³-hybridized carbons (Fsp3) is 0.722. The summed E-state index contributed by atoms with van der Waals surface area (Å²) in [6, 6.07) is -1.28. The Morgan fingerprint density at radius 2 is 1.32 bits per heavy atom. The Labute approximate surface area is 198 Å². The van der Waals surface area contributed by atoms with E-state index in [0.29, 0.717) is 0 Å². The second-order valence-corrected chi connectivity index (χ2v) is 10.2. The van der Waals surface area contributed by atoms with Crippen LogP contribution in [-0.4, -0.2) is 104 Å². The second kappa shape index (κ2) is 12.4. The zero-order valence-electron chi connectivity index (χ0n) is 19.6. The van der Waals surface area contributed by atoms with Gasteiger partial charge in [0.05, 0.1) is 31.8 Å². The number of methoxy groups -OCH3 is 1. The molecule has 1 aliphatic rings. The topological polar surface area (TPSA) is 178 Å². The number of carbonyl (C=O) groups excluding carboxylic acids is 3. The predicted octanol–water partition coefficient (Wildman–Crippen LogP) is -1.09. The average Bonchev–Trinajstić information content (AvgIpc) is 2.93. The Morgan fingerprint density at radius 1 is 0.853 bits per heavy atom. The summed E-state index contributed by atoms with van der Waals surface area (Å²) >= 11 is 0. The third-order valence-electron chi connectivity index (χ3n) is 4.20. The van der Waals surface area contributed by atoms with Crippen molar-refractivity contribution < 1.29 is 58.5 Å². The molecule has 14 nitrogen and oxygen atoms in total. The lowest BCUT2D eigenvalue weighted by Crippen LogP contribution is -2.42. The van der Waals surface area contributed by atoms with Gasteiger partial charge in [0, 0.05) is 20.2 Å². The largest absolute Gasteiger partial charge is 0.464 e. The van der Waals surface area contributed by atoms with E-state index in [1.807, 2.05) is 0 Å². The van der Waals surface area contributed by atoms with E-state index in [9.17, 15) is 31.2 Å². The number of nitrogens with zero attached hydrogens (tertiary/aromatic N) is 1. The van der Waals surface area contributed by atoms with Crippen LogP contribution < -0.4 is 0 Å². The van der Waals surface area contributed by atoms with Gasteiger partial charge in [0.15, 0.2) is 17.9 Å². The first-order chi connectivity index (χ1) is 15.6. The Bertz CT molecular complexity index is 969. The lowest BCUT2D eigenvalue weighted by molar-refractivity contribution is -0.148. The number of hydrogen-bond acceptors (Lipinski definition) is 14. The number of likely N-dealkylation sites (tertiary alicyclic amines) is 1. The van der Waals surface area contributed by atoms with Gasteiger partial charge in [-0.05, 0) is 13.8 Å². The van der Waals surface area contributed by atoms with Gasteiger partial charge in [-0.1, -0.05) is 0 Å².